The van der Waals surface area contributed by atoms with Crippen LogP contribution in [0, 0.1) is 0 Å². The van der Waals surface area contributed by atoms with Crippen molar-refractivity contribution in [2.45, 2.75) is 50.7 Å². The fourth-order valence-electron chi connectivity index (χ4n) is 1.66. The Hall–Kier alpha value is -2.69. The summed E-state index contributed by atoms with van der Waals surface area (Å²) in [6.07, 6.45) is -1.16. The van der Waals surface area contributed by atoms with Crippen LogP contribution in [-0.4, -0.2) is 58.0 Å². The second-order valence-corrected chi connectivity index (χ2v) is 5.19. The summed E-state index contributed by atoms with van der Waals surface area (Å²) in [5.74, 6) is -4.89. The van der Waals surface area contributed by atoms with Gasteiger partial charge < -0.3 is 32.3 Å². The molecule has 0 fully saturated rings. The maximum absolute atomic E-state index is 12.1. The van der Waals surface area contributed by atoms with Gasteiger partial charge in [0, 0.05) is 12.8 Å². The molecule has 0 radical (unpaired) electrons. The highest BCUT2D eigenvalue weighted by Gasteiger charge is 2.27. The molecule has 0 spiro atoms. The number of nitrogens with two attached hydrogens (primary N) is 2. The average molecular weight is 346 g/mol. The quantitative estimate of drug-likeness (QED) is 0.236. The molecule has 3 amide bonds. The van der Waals surface area contributed by atoms with Crippen LogP contribution in [0.1, 0.15) is 32.6 Å². The van der Waals surface area contributed by atoms with Crippen LogP contribution in [0.25, 0.3) is 0 Å². The second kappa shape index (κ2) is 10.2. The lowest BCUT2D eigenvalue weighted by atomic mass is 10.1. The van der Waals surface area contributed by atoms with Gasteiger partial charge in [-0.25, -0.2) is 4.79 Å². The minimum absolute atomic E-state index is 0.233. The molecular formula is C13H22N4O7. The maximum atomic E-state index is 12.1. The van der Waals surface area contributed by atoms with Gasteiger partial charge >= 0.3 is 11.9 Å². The molecule has 11 heteroatoms. The van der Waals surface area contributed by atoms with Crippen molar-refractivity contribution in [3.8, 4) is 0 Å². The van der Waals surface area contributed by atoms with Crippen LogP contribution in [0.2, 0.25) is 0 Å². The summed E-state index contributed by atoms with van der Waals surface area (Å²) in [5, 5.41) is 22.1. The Kier molecular flexibility index (Phi) is 9.02. The van der Waals surface area contributed by atoms with Gasteiger partial charge in [0.2, 0.25) is 17.7 Å². The number of nitrogens with one attached hydrogen (secondary N) is 2. The molecule has 8 N–H and O–H groups in total. The van der Waals surface area contributed by atoms with Crippen molar-refractivity contribution >= 4 is 29.7 Å². The molecule has 0 heterocycles. The van der Waals surface area contributed by atoms with Gasteiger partial charge in [-0.1, -0.05) is 0 Å². The number of primary amides is 1. The van der Waals surface area contributed by atoms with Crippen LogP contribution in [0.15, 0.2) is 0 Å². The van der Waals surface area contributed by atoms with Crippen molar-refractivity contribution in [2.75, 3.05) is 0 Å². The Labute approximate surface area is 137 Å². The zero-order chi connectivity index (χ0) is 18.9. The van der Waals surface area contributed by atoms with E-state index in [0.29, 0.717) is 0 Å². The first-order valence-electron chi connectivity index (χ1n) is 7.13. The third-order valence-electron chi connectivity index (χ3n) is 2.99. The summed E-state index contributed by atoms with van der Waals surface area (Å²) in [4.78, 5) is 56.2. The van der Waals surface area contributed by atoms with Crippen molar-refractivity contribution in [2.24, 2.45) is 11.5 Å². The van der Waals surface area contributed by atoms with Crippen LogP contribution in [0.3, 0.4) is 0 Å². The number of carboxylic acid groups (broad SMARTS) is 2. The smallest absolute Gasteiger partial charge is 0.326 e. The zero-order valence-corrected chi connectivity index (χ0v) is 13.2. The highest BCUT2D eigenvalue weighted by atomic mass is 16.4. The van der Waals surface area contributed by atoms with Crippen LogP contribution >= 0.6 is 0 Å². The molecule has 136 valence electrons. The first-order chi connectivity index (χ1) is 11.0. The monoisotopic (exact) mass is 346 g/mol. The van der Waals surface area contributed by atoms with Crippen molar-refractivity contribution in [1.29, 1.82) is 0 Å². The standard InChI is InChI=1S/C13H22N4O7/c1-6(14)11(21)16-7(3-5-10(19)20)12(22)17-8(13(23)24)2-4-9(15)18/h6-8H,2-5,14H2,1H3,(H2,15,18)(H,16,21)(H,17,22)(H,19,20)(H,23,24). The predicted molar refractivity (Wildman–Crippen MR) is 80.4 cm³/mol. The molecule has 0 aromatic rings. The number of rotatable bonds is 11. The van der Waals surface area contributed by atoms with E-state index in [4.69, 9.17) is 21.7 Å². The normalized spacial score (nSPS) is 14.1. The third-order valence-corrected chi connectivity index (χ3v) is 2.99. The minimum atomic E-state index is -1.40. The van der Waals surface area contributed by atoms with E-state index in [1.807, 2.05) is 0 Å². The van der Waals surface area contributed by atoms with E-state index in [0.717, 1.165) is 0 Å². The van der Waals surface area contributed by atoms with Crippen LogP contribution in [0.5, 0.6) is 0 Å². The fourth-order valence-corrected chi connectivity index (χ4v) is 1.66. The maximum Gasteiger partial charge on any atom is 0.326 e. The lowest BCUT2D eigenvalue weighted by Crippen LogP contribution is -2.54. The predicted octanol–water partition coefficient (Wildman–Crippen LogP) is -2.48. The van der Waals surface area contributed by atoms with Gasteiger partial charge in [-0.3, -0.25) is 19.2 Å². The van der Waals surface area contributed by atoms with Gasteiger partial charge in [0.15, 0.2) is 0 Å². The van der Waals surface area contributed by atoms with E-state index in [1.165, 1.54) is 6.92 Å². The molecule has 3 unspecified atom stereocenters. The summed E-state index contributed by atoms with van der Waals surface area (Å²) in [6, 6.07) is -3.60. The van der Waals surface area contributed by atoms with Crippen LogP contribution in [0.4, 0.5) is 0 Å². The highest BCUT2D eigenvalue weighted by molar-refractivity contribution is 5.92. The summed E-state index contributed by atoms with van der Waals surface area (Å²) in [6.45, 7) is 1.37. The van der Waals surface area contributed by atoms with Crippen LogP contribution in [-0.2, 0) is 24.0 Å². The Balaban J connectivity index is 4.97. The van der Waals surface area contributed by atoms with E-state index in [2.05, 4.69) is 10.6 Å². The van der Waals surface area contributed by atoms with Gasteiger partial charge in [-0.2, -0.15) is 0 Å². The van der Waals surface area contributed by atoms with E-state index >= 15 is 0 Å². The Morgan fingerprint density at radius 1 is 0.917 bits per heavy atom. The summed E-state index contributed by atoms with van der Waals surface area (Å²) < 4.78 is 0. The van der Waals surface area contributed by atoms with Gasteiger partial charge in [0.25, 0.3) is 0 Å². The van der Waals surface area contributed by atoms with Crippen molar-refractivity contribution in [3.05, 3.63) is 0 Å². The van der Waals surface area contributed by atoms with E-state index in [1.54, 1.807) is 0 Å². The number of amides is 3. The molecule has 0 rings (SSSR count). The molecule has 0 aliphatic heterocycles. The number of hydrogen-bond donors (Lipinski definition) is 6. The Morgan fingerprint density at radius 2 is 1.42 bits per heavy atom. The fraction of sp³-hybridized carbons (Fsp3) is 0.615. The molecule has 0 saturated heterocycles. The summed E-state index contributed by atoms with van der Waals surface area (Å²) >= 11 is 0. The molecule has 24 heavy (non-hydrogen) atoms. The van der Waals surface area contributed by atoms with Gasteiger partial charge in [0.05, 0.1) is 6.04 Å². The molecular weight excluding hydrogens is 324 g/mol. The first kappa shape index (κ1) is 21.3. The van der Waals surface area contributed by atoms with Crippen molar-refractivity contribution in [3.63, 3.8) is 0 Å². The second-order valence-electron chi connectivity index (χ2n) is 5.19. The molecule has 11 nitrogen and oxygen atoms in total. The Bertz CT molecular complexity index is 507. The zero-order valence-electron chi connectivity index (χ0n) is 13.2. The molecule has 0 bridgehead atoms. The SMILES string of the molecule is CC(N)C(=O)NC(CCC(=O)O)C(=O)NC(CCC(N)=O)C(=O)O. The van der Waals surface area contributed by atoms with Gasteiger partial charge in [-0.15, -0.1) is 0 Å². The van der Waals surface area contributed by atoms with Crippen molar-refractivity contribution < 1.29 is 34.2 Å². The lowest BCUT2D eigenvalue weighted by Gasteiger charge is -2.21. The summed E-state index contributed by atoms with van der Waals surface area (Å²) in [7, 11) is 0. The number of carbonyl (C=O) groups excluding carboxylic acids is 3. The van der Waals surface area contributed by atoms with Crippen LogP contribution < -0.4 is 22.1 Å². The minimum Gasteiger partial charge on any atom is -0.481 e. The van der Waals surface area contributed by atoms with E-state index in [-0.39, 0.29) is 19.3 Å². The molecule has 0 aromatic carbocycles. The molecule has 0 aliphatic carbocycles. The van der Waals surface area contributed by atoms with Crippen molar-refractivity contribution in [1.82, 2.24) is 10.6 Å². The Morgan fingerprint density at radius 3 is 1.83 bits per heavy atom. The number of hydrogen-bond acceptors (Lipinski definition) is 6. The van der Waals surface area contributed by atoms with Gasteiger partial charge in [0.1, 0.15) is 12.1 Å². The molecule has 3 atom stereocenters. The molecule has 0 saturated carbocycles. The topological polar surface area (TPSA) is 202 Å². The first-order valence-corrected chi connectivity index (χ1v) is 7.13. The number of carbonyl (C=O) groups is 5. The van der Waals surface area contributed by atoms with Gasteiger partial charge in [-0.05, 0) is 19.8 Å². The summed E-state index contributed by atoms with van der Waals surface area (Å²) in [5.41, 5.74) is 10.3. The largest absolute Gasteiger partial charge is 0.481 e. The van der Waals surface area contributed by atoms with E-state index in [9.17, 15) is 24.0 Å². The van der Waals surface area contributed by atoms with E-state index < -0.39 is 54.2 Å². The average Bonchev–Trinajstić information content (AvgIpc) is 2.46. The number of carboxylic acids is 2. The third kappa shape index (κ3) is 8.68. The number of aliphatic carboxylic acids is 2. The molecule has 0 aliphatic rings. The highest BCUT2D eigenvalue weighted by Crippen LogP contribution is 2.03. The lowest BCUT2D eigenvalue weighted by molar-refractivity contribution is -0.143. The molecule has 0 aromatic heterocycles.